The molecule has 0 radical (unpaired) electrons. The molecule has 1 aromatic carbocycles. The number of hydrogen-bond donors (Lipinski definition) is 3. The summed E-state index contributed by atoms with van der Waals surface area (Å²) >= 11 is 0. The lowest BCUT2D eigenvalue weighted by atomic mass is 10.0. The number of carbonyl (C=O) groups is 2. The second-order valence-corrected chi connectivity index (χ2v) is 5.96. The predicted molar refractivity (Wildman–Crippen MR) is 87.8 cm³/mol. The summed E-state index contributed by atoms with van der Waals surface area (Å²) in [6.07, 6.45) is -3.25. The Hall–Kier alpha value is -3.01. The number of furan rings is 1. The van der Waals surface area contributed by atoms with Crippen LogP contribution in [0.2, 0.25) is 0 Å². The van der Waals surface area contributed by atoms with Crippen LogP contribution < -0.4 is 15.4 Å². The third-order valence-electron chi connectivity index (χ3n) is 3.32. The van der Waals surface area contributed by atoms with Crippen LogP contribution in [0.1, 0.15) is 12.7 Å². The molecule has 0 aliphatic heterocycles. The van der Waals surface area contributed by atoms with Crippen molar-refractivity contribution in [1.82, 2.24) is 5.32 Å². The van der Waals surface area contributed by atoms with Crippen LogP contribution in [0.15, 0.2) is 47.1 Å². The fraction of sp³-hybridized carbons (Fsp3) is 0.294. The molecule has 1 atom stereocenters. The van der Waals surface area contributed by atoms with Crippen molar-refractivity contribution in [1.29, 1.82) is 0 Å². The Kier molecular flexibility index (Phi) is 6.11. The van der Waals surface area contributed by atoms with Crippen LogP contribution >= 0.6 is 0 Å². The Morgan fingerprint density at radius 2 is 1.81 bits per heavy atom. The molecule has 0 spiro atoms. The van der Waals surface area contributed by atoms with Gasteiger partial charge in [0, 0.05) is 18.7 Å². The molecule has 0 aliphatic rings. The predicted octanol–water partition coefficient (Wildman–Crippen LogP) is 2.23. The summed E-state index contributed by atoms with van der Waals surface area (Å²) in [6.45, 7) is 1.26. The lowest BCUT2D eigenvalue weighted by Gasteiger charge is -2.22. The van der Waals surface area contributed by atoms with Crippen molar-refractivity contribution in [3.05, 3.63) is 48.4 Å². The van der Waals surface area contributed by atoms with Crippen LogP contribution in [-0.2, 0) is 16.0 Å². The molecule has 0 bridgehead atoms. The summed E-state index contributed by atoms with van der Waals surface area (Å²) in [5.74, 6) is -1.99. The van der Waals surface area contributed by atoms with E-state index in [-0.39, 0.29) is 18.7 Å². The number of amides is 2. The monoisotopic (exact) mass is 386 g/mol. The molecule has 3 N–H and O–H groups in total. The molecule has 0 fully saturated rings. The number of anilines is 1. The second kappa shape index (κ2) is 8.12. The number of benzene rings is 1. The molecule has 7 nitrogen and oxygen atoms in total. The molecule has 0 unspecified atom stereocenters. The van der Waals surface area contributed by atoms with Crippen LogP contribution in [0.3, 0.4) is 0 Å². The maximum Gasteiger partial charge on any atom is 0.573 e. The summed E-state index contributed by atoms with van der Waals surface area (Å²) in [5.41, 5.74) is -1.24. The number of nitrogens with one attached hydrogen (secondary N) is 2. The summed E-state index contributed by atoms with van der Waals surface area (Å²) in [4.78, 5) is 23.6. The first-order valence-corrected chi connectivity index (χ1v) is 7.74. The Morgan fingerprint density at radius 3 is 2.37 bits per heavy atom. The van der Waals surface area contributed by atoms with Gasteiger partial charge in [0.2, 0.25) is 0 Å². The minimum absolute atomic E-state index is 0.104. The smallest absolute Gasteiger partial charge is 0.469 e. The summed E-state index contributed by atoms with van der Waals surface area (Å²) in [7, 11) is 0. The number of rotatable bonds is 6. The number of ether oxygens (including phenoxy) is 1. The highest BCUT2D eigenvalue weighted by Crippen LogP contribution is 2.23. The highest BCUT2D eigenvalue weighted by molar-refractivity contribution is 6.39. The summed E-state index contributed by atoms with van der Waals surface area (Å²) in [5, 5.41) is 14.7. The molecule has 10 heteroatoms. The zero-order valence-corrected chi connectivity index (χ0v) is 14.2. The lowest BCUT2D eigenvalue weighted by Crippen LogP contribution is -2.45. The van der Waals surface area contributed by atoms with E-state index in [9.17, 15) is 27.9 Å². The van der Waals surface area contributed by atoms with E-state index in [4.69, 9.17) is 4.42 Å². The van der Waals surface area contributed by atoms with Gasteiger partial charge in [0.15, 0.2) is 0 Å². The molecule has 2 aromatic rings. The Morgan fingerprint density at radius 1 is 1.15 bits per heavy atom. The minimum atomic E-state index is -4.82. The van der Waals surface area contributed by atoms with Crippen LogP contribution in [0, 0.1) is 0 Å². The highest BCUT2D eigenvalue weighted by atomic mass is 19.4. The van der Waals surface area contributed by atoms with E-state index in [0.29, 0.717) is 5.76 Å². The fourth-order valence-electron chi connectivity index (χ4n) is 2.13. The van der Waals surface area contributed by atoms with Gasteiger partial charge < -0.3 is 24.9 Å². The van der Waals surface area contributed by atoms with Gasteiger partial charge in [-0.25, -0.2) is 0 Å². The first-order chi connectivity index (χ1) is 12.5. The molecule has 0 aliphatic carbocycles. The van der Waals surface area contributed by atoms with E-state index in [1.807, 2.05) is 0 Å². The molecular weight excluding hydrogens is 369 g/mol. The second-order valence-electron chi connectivity index (χ2n) is 5.96. The normalized spacial score (nSPS) is 13.5. The number of carbonyl (C=O) groups excluding carboxylic acids is 2. The number of aliphatic hydroxyl groups is 1. The van der Waals surface area contributed by atoms with Crippen molar-refractivity contribution in [2.45, 2.75) is 25.3 Å². The lowest BCUT2D eigenvalue weighted by molar-refractivity contribution is -0.274. The van der Waals surface area contributed by atoms with Gasteiger partial charge in [0.25, 0.3) is 0 Å². The van der Waals surface area contributed by atoms with Gasteiger partial charge in [-0.2, -0.15) is 0 Å². The maximum atomic E-state index is 12.1. The van der Waals surface area contributed by atoms with Gasteiger partial charge in [0.05, 0.1) is 11.9 Å². The molecule has 0 saturated heterocycles. The van der Waals surface area contributed by atoms with Crippen molar-refractivity contribution >= 4 is 17.5 Å². The van der Waals surface area contributed by atoms with E-state index < -0.39 is 29.5 Å². The van der Waals surface area contributed by atoms with Crippen LogP contribution in [0.5, 0.6) is 5.75 Å². The largest absolute Gasteiger partial charge is 0.573 e. The van der Waals surface area contributed by atoms with Crippen LogP contribution in [0.25, 0.3) is 0 Å². The highest BCUT2D eigenvalue weighted by Gasteiger charge is 2.31. The zero-order valence-electron chi connectivity index (χ0n) is 14.2. The average Bonchev–Trinajstić information content (AvgIpc) is 3.05. The molecular formula is C17H17F3N2O5. The molecule has 2 amide bonds. The van der Waals surface area contributed by atoms with Gasteiger partial charge >= 0.3 is 18.2 Å². The van der Waals surface area contributed by atoms with Crippen molar-refractivity contribution in [2.24, 2.45) is 0 Å². The summed E-state index contributed by atoms with van der Waals surface area (Å²) < 4.78 is 45.1. The fourth-order valence-corrected chi connectivity index (χ4v) is 2.13. The van der Waals surface area contributed by atoms with Gasteiger partial charge in [-0.05, 0) is 43.3 Å². The molecule has 2 rings (SSSR count). The van der Waals surface area contributed by atoms with Gasteiger partial charge in [0.1, 0.15) is 11.5 Å². The maximum absolute atomic E-state index is 12.1. The van der Waals surface area contributed by atoms with Gasteiger partial charge in [-0.1, -0.05) is 0 Å². The van der Waals surface area contributed by atoms with E-state index >= 15 is 0 Å². The van der Waals surface area contributed by atoms with Crippen molar-refractivity contribution < 1.29 is 37.0 Å². The third-order valence-corrected chi connectivity index (χ3v) is 3.32. The molecule has 146 valence electrons. The molecule has 1 heterocycles. The van der Waals surface area contributed by atoms with E-state index in [1.54, 1.807) is 12.1 Å². The van der Waals surface area contributed by atoms with E-state index in [2.05, 4.69) is 15.4 Å². The quantitative estimate of drug-likeness (QED) is 0.661. The Labute approximate surface area is 152 Å². The molecule has 1 aromatic heterocycles. The number of hydrogen-bond acceptors (Lipinski definition) is 5. The van der Waals surface area contributed by atoms with Crippen molar-refractivity contribution in [2.75, 3.05) is 11.9 Å². The van der Waals surface area contributed by atoms with Gasteiger partial charge in [-0.3, -0.25) is 9.59 Å². The average molecular weight is 386 g/mol. The van der Waals surface area contributed by atoms with E-state index in [1.165, 1.54) is 13.2 Å². The van der Waals surface area contributed by atoms with E-state index in [0.717, 1.165) is 24.3 Å². The first-order valence-electron chi connectivity index (χ1n) is 7.74. The van der Waals surface area contributed by atoms with Gasteiger partial charge in [-0.15, -0.1) is 13.2 Å². The summed E-state index contributed by atoms with van der Waals surface area (Å²) in [6, 6.07) is 7.61. The first kappa shape index (κ1) is 20.3. The SMILES string of the molecule is C[C@@](O)(CNC(=O)C(=O)Nc1ccc(OC(F)(F)F)cc1)Cc1ccco1. The van der Waals surface area contributed by atoms with Crippen molar-refractivity contribution in [3.8, 4) is 5.75 Å². The van der Waals surface area contributed by atoms with Crippen LogP contribution in [-0.4, -0.2) is 35.4 Å². The molecule has 27 heavy (non-hydrogen) atoms. The van der Waals surface area contributed by atoms with Crippen molar-refractivity contribution in [3.63, 3.8) is 0 Å². The Bertz CT molecular complexity index is 771. The minimum Gasteiger partial charge on any atom is -0.469 e. The van der Waals surface area contributed by atoms with Crippen LogP contribution in [0.4, 0.5) is 18.9 Å². The number of halogens is 3. The zero-order chi connectivity index (χ0) is 20.1. The molecule has 0 saturated carbocycles. The third kappa shape index (κ3) is 7.02. The Balaban J connectivity index is 1.83. The standard InChI is InChI=1S/C17H17F3N2O5/c1-16(25,9-13-3-2-8-26-13)10-21-14(23)15(24)22-11-4-6-12(7-5-11)27-17(18,19)20/h2-8,25H,9-10H2,1H3,(H,21,23)(H,22,24)/t16-/m0/s1. The number of alkyl halides is 3. The topological polar surface area (TPSA) is 101 Å².